The highest BCUT2D eigenvalue weighted by atomic mass is 35.5. The molecule has 24 heavy (non-hydrogen) atoms. The Bertz CT molecular complexity index is 836. The summed E-state index contributed by atoms with van der Waals surface area (Å²) in [5, 5.41) is 7.21. The van der Waals surface area contributed by atoms with Crippen LogP contribution in [0.4, 0.5) is 17.5 Å². The van der Waals surface area contributed by atoms with Gasteiger partial charge in [-0.05, 0) is 49.7 Å². The van der Waals surface area contributed by atoms with Crippen LogP contribution in [0, 0.1) is 6.92 Å². The maximum absolute atomic E-state index is 6.09. The molecule has 0 radical (unpaired) electrons. The average molecular weight is 340 g/mol. The van der Waals surface area contributed by atoms with Crippen molar-refractivity contribution in [2.24, 2.45) is 0 Å². The minimum Gasteiger partial charge on any atom is -0.354 e. The fourth-order valence-corrected chi connectivity index (χ4v) is 2.40. The monoisotopic (exact) mass is 339 g/mol. The molecule has 0 amide bonds. The number of anilines is 3. The summed E-state index contributed by atoms with van der Waals surface area (Å²) in [7, 11) is 0. The number of nitrogens with one attached hydrogen (secondary N) is 2. The number of aryl methyl sites for hydroxylation is 1. The molecule has 0 bridgehead atoms. The van der Waals surface area contributed by atoms with Crippen molar-refractivity contribution in [2.45, 2.75) is 13.8 Å². The van der Waals surface area contributed by atoms with Crippen molar-refractivity contribution in [2.75, 3.05) is 17.2 Å². The minimum absolute atomic E-state index is 0.576. The standard InChI is InChI=1S/C18H18ClN5/c1-3-21-18-23-16(13-5-4-8-20-11-13)10-17(24-18)22-14-6-7-15(19)12(2)9-14/h4-11H,3H2,1-2H3,(H2,21,22,23,24). The molecule has 5 nitrogen and oxygen atoms in total. The fourth-order valence-electron chi connectivity index (χ4n) is 2.28. The molecule has 0 saturated carbocycles. The Morgan fingerprint density at radius 2 is 2.00 bits per heavy atom. The molecule has 2 N–H and O–H groups in total. The zero-order chi connectivity index (χ0) is 16.9. The first-order chi connectivity index (χ1) is 11.7. The Kier molecular flexibility index (Phi) is 4.91. The lowest BCUT2D eigenvalue weighted by Crippen LogP contribution is -2.05. The average Bonchev–Trinajstić information content (AvgIpc) is 2.59. The summed E-state index contributed by atoms with van der Waals surface area (Å²) in [6.45, 7) is 4.73. The second-order valence-electron chi connectivity index (χ2n) is 5.32. The Morgan fingerprint density at radius 1 is 1.12 bits per heavy atom. The van der Waals surface area contributed by atoms with Crippen LogP contribution in [-0.2, 0) is 0 Å². The van der Waals surface area contributed by atoms with Crippen LogP contribution in [0.5, 0.6) is 0 Å². The van der Waals surface area contributed by atoms with E-state index in [0.29, 0.717) is 11.8 Å². The SMILES string of the molecule is CCNc1nc(Nc2ccc(Cl)c(C)c2)cc(-c2cccnc2)n1. The Morgan fingerprint density at radius 3 is 2.71 bits per heavy atom. The summed E-state index contributed by atoms with van der Waals surface area (Å²) in [5.74, 6) is 1.29. The number of halogens is 1. The first kappa shape index (κ1) is 16.2. The van der Waals surface area contributed by atoms with Gasteiger partial charge in [-0.3, -0.25) is 4.98 Å². The quantitative estimate of drug-likeness (QED) is 0.707. The number of aromatic nitrogens is 3. The molecular formula is C18H18ClN5. The molecule has 3 rings (SSSR count). The molecule has 0 atom stereocenters. The smallest absolute Gasteiger partial charge is 0.225 e. The summed E-state index contributed by atoms with van der Waals surface area (Å²) in [6, 6.07) is 11.5. The first-order valence-electron chi connectivity index (χ1n) is 7.72. The van der Waals surface area contributed by atoms with Gasteiger partial charge in [0.2, 0.25) is 5.95 Å². The zero-order valence-corrected chi connectivity index (χ0v) is 14.3. The highest BCUT2D eigenvalue weighted by Crippen LogP contribution is 2.25. The minimum atomic E-state index is 0.576. The van der Waals surface area contributed by atoms with Crippen LogP contribution in [-0.4, -0.2) is 21.5 Å². The number of hydrogen-bond donors (Lipinski definition) is 2. The third-order valence-electron chi connectivity index (χ3n) is 3.45. The summed E-state index contributed by atoms with van der Waals surface area (Å²) in [4.78, 5) is 13.2. The molecule has 0 spiro atoms. The lowest BCUT2D eigenvalue weighted by atomic mass is 10.2. The molecular weight excluding hydrogens is 322 g/mol. The molecule has 122 valence electrons. The van der Waals surface area contributed by atoms with Crippen LogP contribution >= 0.6 is 11.6 Å². The van der Waals surface area contributed by atoms with Crippen molar-refractivity contribution >= 4 is 29.1 Å². The van der Waals surface area contributed by atoms with Crippen LogP contribution in [0.1, 0.15) is 12.5 Å². The van der Waals surface area contributed by atoms with Gasteiger partial charge in [-0.25, -0.2) is 4.98 Å². The molecule has 0 fully saturated rings. The third kappa shape index (κ3) is 3.81. The van der Waals surface area contributed by atoms with E-state index in [0.717, 1.165) is 34.1 Å². The van der Waals surface area contributed by atoms with E-state index in [2.05, 4.69) is 25.6 Å². The van der Waals surface area contributed by atoms with E-state index in [-0.39, 0.29) is 0 Å². The Hall–Kier alpha value is -2.66. The lowest BCUT2D eigenvalue weighted by Gasteiger charge is -2.11. The van der Waals surface area contributed by atoms with Gasteiger partial charge in [-0.15, -0.1) is 0 Å². The highest BCUT2D eigenvalue weighted by molar-refractivity contribution is 6.31. The molecule has 0 aliphatic carbocycles. The van der Waals surface area contributed by atoms with Gasteiger partial charge >= 0.3 is 0 Å². The molecule has 2 heterocycles. The molecule has 0 saturated heterocycles. The topological polar surface area (TPSA) is 62.7 Å². The second kappa shape index (κ2) is 7.27. The predicted molar refractivity (Wildman–Crippen MR) is 98.9 cm³/mol. The molecule has 2 aromatic heterocycles. The van der Waals surface area contributed by atoms with Gasteiger partial charge < -0.3 is 10.6 Å². The summed E-state index contributed by atoms with van der Waals surface area (Å²) in [6.07, 6.45) is 3.53. The van der Waals surface area contributed by atoms with E-state index >= 15 is 0 Å². The highest BCUT2D eigenvalue weighted by Gasteiger charge is 2.07. The number of rotatable bonds is 5. The van der Waals surface area contributed by atoms with E-state index < -0.39 is 0 Å². The van der Waals surface area contributed by atoms with Gasteiger partial charge in [-0.2, -0.15) is 4.98 Å². The van der Waals surface area contributed by atoms with E-state index in [4.69, 9.17) is 11.6 Å². The van der Waals surface area contributed by atoms with Crippen LogP contribution in [0.15, 0.2) is 48.8 Å². The number of nitrogens with zero attached hydrogens (tertiary/aromatic N) is 3. The van der Waals surface area contributed by atoms with E-state index in [1.165, 1.54) is 0 Å². The lowest BCUT2D eigenvalue weighted by molar-refractivity contribution is 1.09. The Labute approximate surface area is 146 Å². The molecule has 6 heteroatoms. The van der Waals surface area contributed by atoms with E-state index in [9.17, 15) is 0 Å². The van der Waals surface area contributed by atoms with Crippen molar-refractivity contribution in [3.63, 3.8) is 0 Å². The molecule has 3 aromatic rings. The number of pyridine rings is 1. The van der Waals surface area contributed by atoms with E-state index in [1.54, 1.807) is 12.4 Å². The van der Waals surface area contributed by atoms with Gasteiger partial charge in [0.25, 0.3) is 0 Å². The predicted octanol–water partition coefficient (Wildman–Crippen LogP) is 4.68. The van der Waals surface area contributed by atoms with Gasteiger partial charge in [-0.1, -0.05) is 11.6 Å². The largest absolute Gasteiger partial charge is 0.354 e. The fraction of sp³-hybridized carbons (Fsp3) is 0.167. The van der Waals surface area contributed by atoms with Crippen LogP contribution in [0.2, 0.25) is 5.02 Å². The van der Waals surface area contributed by atoms with Crippen LogP contribution < -0.4 is 10.6 Å². The normalized spacial score (nSPS) is 10.5. The number of benzene rings is 1. The molecule has 0 aliphatic heterocycles. The van der Waals surface area contributed by atoms with Gasteiger partial charge in [0.15, 0.2) is 0 Å². The maximum atomic E-state index is 6.09. The first-order valence-corrected chi connectivity index (χ1v) is 8.10. The zero-order valence-electron chi connectivity index (χ0n) is 13.5. The third-order valence-corrected chi connectivity index (χ3v) is 3.87. The van der Waals surface area contributed by atoms with Crippen molar-refractivity contribution in [1.82, 2.24) is 15.0 Å². The van der Waals surface area contributed by atoms with Gasteiger partial charge in [0, 0.05) is 41.3 Å². The summed E-state index contributed by atoms with van der Waals surface area (Å²) < 4.78 is 0. The Balaban J connectivity index is 1.97. The van der Waals surface area contributed by atoms with E-state index in [1.807, 2.05) is 50.2 Å². The van der Waals surface area contributed by atoms with Crippen molar-refractivity contribution in [3.8, 4) is 11.3 Å². The number of hydrogen-bond acceptors (Lipinski definition) is 5. The summed E-state index contributed by atoms with van der Waals surface area (Å²) in [5.41, 5.74) is 3.68. The molecule has 1 aromatic carbocycles. The maximum Gasteiger partial charge on any atom is 0.225 e. The van der Waals surface area contributed by atoms with Gasteiger partial charge in [0.1, 0.15) is 5.82 Å². The molecule has 0 aliphatic rings. The van der Waals surface area contributed by atoms with Gasteiger partial charge in [0.05, 0.1) is 5.69 Å². The van der Waals surface area contributed by atoms with Crippen LogP contribution in [0.25, 0.3) is 11.3 Å². The van der Waals surface area contributed by atoms with Crippen molar-refractivity contribution in [1.29, 1.82) is 0 Å². The molecule has 0 unspecified atom stereocenters. The van der Waals surface area contributed by atoms with Crippen LogP contribution in [0.3, 0.4) is 0 Å². The van der Waals surface area contributed by atoms with Crippen molar-refractivity contribution < 1.29 is 0 Å². The van der Waals surface area contributed by atoms with Crippen molar-refractivity contribution in [3.05, 3.63) is 59.4 Å². The summed E-state index contributed by atoms with van der Waals surface area (Å²) >= 11 is 6.09. The second-order valence-corrected chi connectivity index (χ2v) is 5.73.